The molecule has 0 aliphatic carbocycles. The number of nitrogens with zero attached hydrogens (tertiary/aromatic N) is 3. The first-order valence-electron chi connectivity index (χ1n) is 17.6. The Kier molecular flexibility index (Phi) is 15.4. The molecule has 2 fully saturated rings. The smallest absolute Gasteiger partial charge is 0.246 e. The van der Waals surface area contributed by atoms with Crippen molar-refractivity contribution in [3.8, 4) is 0 Å². The van der Waals surface area contributed by atoms with Gasteiger partial charge in [-0.3, -0.25) is 24.0 Å². The number of amides is 5. The third-order valence-electron chi connectivity index (χ3n) is 9.13. The molecule has 53 heavy (non-hydrogen) atoms. The first-order valence-corrected chi connectivity index (χ1v) is 19.2. The number of piperazine rings is 1. The number of hydrogen-bond donors (Lipinski definition) is 5. The maximum atomic E-state index is 13.9. The van der Waals surface area contributed by atoms with E-state index >= 15 is 0 Å². The first-order chi connectivity index (χ1) is 25.2. The molecule has 2 aliphatic heterocycles. The molecule has 5 N–H and O–H groups in total. The third kappa shape index (κ3) is 11.6. The van der Waals surface area contributed by atoms with Gasteiger partial charge < -0.3 is 41.3 Å². The first kappa shape index (κ1) is 41.9. The molecule has 2 aromatic carbocycles. The molecular formula is C36H47Cl3N8O5S. The van der Waals surface area contributed by atoms with Crippen LogP contribution >= 0.6 is 47.0 Å². The van der Waals surface area contributed by atoms with Crippen LogP contribution in [0.5, 0.6) is 0 Å². The van der Waals surface area contributed by atoms with Gasteiger partial charge in [-0.1, -0.05) is 68.6 Å². The molecule has 2 heterocycles. The van der Waals surface area contributed by atoms with E-state index in [-0.39, 0.29) is 35.3 Å². The van der Waals surface area contributed by atoms with Crippen molar-refractivity contribution in [2.24, 2.45) is 11.8 Å². The maximum absolute atomic E-state index is 13.9. The minimum absolute atomic E-state index is 0.120. The Morgan fingerprint density at radius 3 is 2.02 bits per heavy atom. The summed E-state index contributed by atoms with van der Waals surface area (Å²) in [5.41, 5.74) is 1.50. The molecular weight excluding hydrogens is 763 g/mol. The van der Waals surface area contributed by atoms with E-state index in [1.54, 1.807) is 54.0 Å². The standard InChI is InChI=1S/C36H47Cl3N8O5S/c1-21(2)31(43-29(49)20-41-36(53)42-24-12-10-23(37)11-13-24)33(50)40-19-28(48)44-32(22(3)4)35(52)47-14-6-9-27(47)34(51)46-17-15-45(16-18-46)26-8-5-7-25(38)30(26)39/h5,7-8,10-13,21-22,27,31-32H,6,9,14-20H2,1-4H3,(H,40,50)(H,43,49)(H,44,48)(H2,41,42,53)/t27-,31-,32-/m0/s1. The van der Waals surface area contributed by atoms with Gasteiger partial charge in [0.25, 0.3) is 0 Å². The average molecular weight is 810 g/mol. The van der Waals surface area contributed by atoms with Crippen LogP contribution in [0.15, 0.2) is 42.5 Å². The Morgan fingerprint density at radius 2 is 1.40 bits per heavy atom. The van der Waals surface area contributed by atoms with E-state index in [0.29, 0.717) is 66.3 Å². The lowest BCUT2D eigenvalue weighted by molar-refractivity contribution is -0.146. The van der Waals surface area contributed by atoms with Crippen molar-refractivity contribution in [1.82, 2.24) is 31.1 Å². The zero-order chi connectivity index (χ0) is 38.8. The van der Waals surface area contributed by atoms with Crippen LogP contribution in [0.1, 0.15) is 40.5 Å². The van der Waals surface area contributed by atoms with E-state index in [0.717, 1.165) is 5.69 Å². The Bertz CT molecular complexity index is 1660. The van der Waals surface area contributed by atoms with E-state index in [1.165, 1.54) is 0 Å². The Hall–Kier alpha value is -3.85. The zero-order valence-electron chi connectivity index (χ0n) is 30.2. The van der Waals surface area contributed by atoms with Gasteiger partial charge in [0.1, 0.15) is 18.1 Å². The summed E-state index contributed by atoms with van der Waals surface area (Å²) in [7, 11) is 0. The number of thiocarbonyl (C=S) groups is 1. The number of likely N-dealkylation sites (tertiary alicyclic amines) is 1. The summed E-state index contributed by atoms with van der Waals surface area (Å²) in [6.07, 6.45) is 1.19. The SMILES string of the molecule is CC(C)[C@H](NC(=O)CNC(=S)Nc1ccc(Cl)cc1)C(=O)NCC(=O)N[C@H](C(=O)N1CCC[C@H]1C(=O)N1CCN(c2cccc(Cl)c2Cl)CC1)C(C)C. The summed E-state index contributed by atoms with van der Waals surface area (Å²) in [5.74, 6) is -2.66. The molecule has 0 bridgehead atoms. The average Bonchev–Trinajstić information content (AvgIpc) is 3.62. The summed E-state index contributed by atoms with van der Waals surface area (Å²) in [5, 5.41) is 15.5. The van der Waals surface area contributed by atoms with Gasteiger partial charge in [-0.15, -0.1) is 0 Å². The highest BCUT2D eigenvalue weighted by atomic mass is 35.5. The minimum atomic E-state index is -0.932. The fourth-order valence-corrected chi connectivity index (χ4v) is 6.96. The van der Waals surface area contributed by atoms with Crippen LogP contribution in [0.4, 0.5) is 11.4 Å². The quantitative estimate of drug-likeness (QED) is 0.191. The van der Waals surface area contributed by atoms with Gasteiger partial charge in [0.2, 0.25) is 29.5 Å². The highest BCUT2D eigenvalue weighted by Crippen LogP contribution is 2.33. The van der Waals surface area contributed by atoms with Gasteiger partial charge in [0, 0.05) is 43.4 Å². The van der Waals surface area contributed by atoms with Crippen molar-refractivity contribution in [1.29, 1.82) is 0 Å². The highest BCUT2D eigenvalue weighted by Gasteiger charge is 2.41. The van der Waals surface area contributed by atoms with Crippen molar-refractivity contribution >= 4 is 93.0 Å². The number of carbonyl (C=O) groups is 5. The van der Waals surface area contributed by atoms with Gasteiger partial charge in [-0.25, -0.2) is 0 Å². The van der Waals surface area contributed by atoms with Crippen molar-refractivity contribution in [2.45, 2.75) is 58.7 Å². The van der Waals surface area contributed by atoms with Gasteiger partial charge >= 0.3 is 0 Å². The maximum Gasteiger partial charge on any atom is 0.246 e. The zero-order valence-corrected chi connectivity index (χ0v) is 33.3. The fourth-order valence-electron chi connectivity index (χ4n) is 6.22. The Morgan fingerprint density at radius 1 is 0.792 bits per heavy atom. The molecule has 0 spiro atoms. The van der Waals surface area contributed by atoms with Gasteiger partial charge in [0.05, 0.1) is 28.8 Å². The Labute approximate surface area is 330 Å². The van der Waals surface area contributed by atoms with E-state index in [1.807, 2.05) is 26.0 Å². The summed E-state index contributed by atoms with van der Waals surface area (Å²) in [6.45, 7) is 9.01. The summed E-state index contributed by atoms with van der Waals surface area (Å²) in [6, 6.07) is 9.86. The molecule has 0 unspecified atom stereocenters. The van der Waals surface area contributed by atoms with Crippen LogP contribution < -0.4 is 31.5 Å². The van der Waals surface area contributed by atoms with Crippen LogP contribution in [0.2, 0.25) is 15.1 Å². The second kappa shape index (κ2) is 19.5. The van der Waals surface area contributed by atoms with E-state index in [9.17, 15) is 24.0 Å². The molecule has 17 heteroatoms. The molecule has 2 saturated heterocycles. The van der Waals surface area contributed by atoms with Gasteiger partial charge in [0.15, 0.2) is 5.11 Å². The van der Waals surface area contributed by atoms with Crippen LogP contribution in [0.25, 0.3) is 0 Å². The predicted molar refractivity (Wildman–Crippen MR) is 212 cm³/mol. The predicted octanol–water partition coefficient (Wildman–Crippen LogP) is 3.67. The van der Waals surface area contributed by atoms with Crippen molar-refractivity contribution in [2.75, 3.05) is 56.0 Å². The lowest BCUT2D eigenvalue weighted by Gasteiger charge is -2.39. The number of carbonyl (C=O) groups excluding carboxylic acids is 5. The van der Waals surface area contributed by atoms with Crippen LogP contribution in [0, 0.1) is 11.8 Å². The molecule has 2 aromatic rings. The molecule has 0 radical (unpaired) electrons. The van der Waals surface area contributed by atoms with Crippen molar-refractivity contribution in [3.63, 3.8) is 0 Å². The molecule has 0 saturated carbocycles. The topological polar surface area (TPSA) is 155 Å². The summed E-state index contributed by atoms with van der Waals surface area (Å²) < 4.78 is 0. The number of rotatable bonds is 13. The molecule has 288 valence electrons. The normalized spacial score (nSPS) is 16.9. The fraction of sp³-hybridized carbons (Fsp3) is 0.500. The third-order valence-corrected chi connectivity index (χ3v) is 10.4. The molecule has 4 rings (SSSR count). The molecule has 13 nitrogen and oxygen atoms in total. The molecule has 2 aliphatic rings. The Balaban J connectivity index is 1.26. The second-order valence-corrected chi connectivity index (χ2v) is 15.3. The summed E-state index contributed by atoms with van der Waals surface area (Å²) in [4.78, 5) is 71.8. The van der Waals surface area contributed by atoms with Gasteiger partial charge in [-0.05, 0) is 73.3 Å². The lowest BCUT2D eigenvalue weighted by atomic mass is 10.0. The lowest BCUT2D eigenvalue weighted by Crippen LogP contribution is -2.58. The van der Waals surface area contributed by atoms with Gasteiger partial charge in [-0.2, -0.15) is 0 Å². The van der Waals surface area contributed by atoms with Crippen LogP contribution in [-0.2, 0) is 24.0 Å². The van der Waals surface area contributed by atoms with E-state index < -0.39 is 42.4 Å². The largest absolute Gasteiger partial charge is 0.367 e. The number of nitrogens with one attached hydrogen (secondary N) is 5. The number of anilines is 2. The molecule has 3 atom stereocenters. The van der Waals surface area contributed by atoms with E-state index in [4.69, 9.17) is 47.0 Å². The number of hydrogen-bond acceptors (Lipinski definition) is 7. The van der Waals surface area contributed by atoms with E-state index in [2.05, 4.69) is 31.5 Å². The summed E-state index contributed by atoms with van der Waals surface area (Å²) >= 11 is 23.8. The van der Waals surface area contributed by atoms with Crippen LogP contribution in [-0.4, -0.2) is 108 Å². The monoisotopic (exact) mass is 808 g/mol. The number of halogens is 3. The minimum Gasteiger partial charge on any atom is -0.367 e. The number of benzene rings is 2. The highest BCUT2D eigenvalue weighted by molar-refractivity contribution is 7.80. The molecule has 5 amide bonds. The van der Waals surface area contributed by atoms with Crippen LogP contribution in [0.3, 0.4) is 0 Å². The second-order valence-electron chi connectivity index (χ2n) is 13.7. The van der Waals surface area contributed by atoms with Crippen molar-refractivity contribution < 1.29 is 24.0 Å². The molecule has 0 aromatic heterocycles. The van der Waals surface area contributed by atoms with Crippen molar-refractivity contribution in [3.05, 3.63) is 57.5 Å².